The highest BCUT2D eigenvalue weighted by molar-refractivity contribution is 7.93. The Kier molecular flexibility index (Phi) is 7.33. The number of hydrogen-bond acceptors (Lipinski definition) is 8. The van der Waals surface area contributed by atoms with Crippen LogP contribution in [0.15, 0.2) is 82.6 Å². The molecule has 2 N–H and O–H groups in total. The maximum Gasteiger partial charge on any atom is 0.324 e. The summed E-state index contributed by atoms with van der Waals surface area (Å²) in [4.78, 5) is 23.7. The molecule has 12 nitrogen and oxygen atoms in total. The number of ether oxygens (including phenoxy) is 2. The van der Waals surface area contributed by atoms with E-state index in [9.17, 15) is 36.6 Å². The summed E-state index contributed by atoms with van der Waals surface area (Å²) in [5, 5.41) is 19.9. The molecule has 0 spiro atoms. The molecule has 0 fully saturated rings. The van der Waals surface area contributed by atoms with E-state index in [1.165, 1.54) is 60.7 Å². The summed E-state index contributed by atoms with van der Waals surface area (Å²) in [6.07, 6.45) is 1.00. The van der Waals surface area contributed by atoms with E-state index in [2.05, 4.69) is 0 Å². The Labute approximate surface area is 252 Å². The molecule has 6 rings (SSSR count). The number of carboxylic acids is 2. The third kappa shape index (κ3) is 5.15. The third-order valence-corrected chi connectivity index (χ3v) is 11.0. The number of nitrogens with zero attached hydrogens (tertiary/aromatic N) is 2. The molecule has 0 saturated heterocycles. The second-order valence-electron chi connectivity index (χ2n) is 10.2. The number of benzene rings is 4. The Morgan fingerprint density at radius 1 is 0.636 bits per heavy atom. The van der Waals surface area contributed by atoms with Crippen LogP contribution in [0.3, 0.4) is 0 Å². The van der Waals surface area contributed by atoms with Crippen molar-refractivity contribution in [2.75, 3.05) is 34.9 Å². The normalized spacial score (nSPS) is 13.9. The first-order valence-corrected chi connectivity index (χ1v) is 16.4. The molecule has 2 aliphatic rings. The molecule has 228 valence electrons. The zero-order chi connectivity index (χ0) is 31.2. The lowest BCUT2D eigenvalue weighted by Crippen LogP contribution is -2.37. The summed E-state index contributed by atoms with van der Waals surface area (Å²) in [6, 6.07) is 17.4. The number of sulfonamides is 2. The number of rotatable bonds is 10. The Morgan fingerprint density at radius 3 is 1.43 bits per heavy atom. The molecule has 2 heterocycles. The Bertz CT molecular complexity index is 1900. The molecule has 0 amide bonds. The van der Waals surface area contributed by atoms with Crippen LogP contribution in [0.2, 0.25) is 0 Å². The SMILES string of the molecule is O=C(O)CN(c1ccc(N(CC(=O)O)S(=O)(=O)c2ccc3c(c2)CCO3)c2ccccc12)S(=O)(=O)c1ccc2c(c1)CCO2. The largest absolute Gasteiger partial charge is 0.493 e. The first-order chi connectivity index (χ1) is 21.0. The van der Waals surface area contributed by atoms with Crippen LogP contribution < -0.4 is 18.1 Å². The fourth-order valence-electron chi connectivity index (χ4n) is 5.45. The minimum Gasteiger partial charge on any atom is -0.493 e. The van der Waals surface area contributed by atoms with E-state index in [4.69, 9.17) is 9.47 Å². The standard InChI is InChI=1S/C30H26N2O10S2/c33-29(34)17-31(43(37,38)21-5-9-27-19(15-21)11-13-41-27)25-7-8-26(24-4-2-1-3-23(24)25)32(18-30(35)36)44(39,40)22-6-10-28-20(16-22)12-14-42-28/h1-10,15-16H,11-14,17-18H2,(H,33,34)(H,35,36). The number of carboxylic acid groups (broad SMARTS) is 2. The molecular formula is C30H26N2O10S2. The van der Waals surface area contributed by atoms with Gasteiger partial charge in [0.15, 0.2) is 0 Å². The van der Waals surface area contributed by atoms with E-state index in [0.29, 0.717) is 48.7 Å². The number of fused-ring (bicyclic) bond motifs is 3. The first-order valence-electron chi connectivity index (χ1n) is 13.5. The van der Waals surface area contributed by atoms with Crippen molar-refractivity contribution in [1.82, 2.24) is 0 Å². The maximum absolute atomic E-state index is 13.9. The molecule has 4 aromatic carbocycles. The van der Waals surface area contributed by atoms with Crippen molar-refractivity contribution in [3.63, 3.8) is 0 Å². The van der Waals surface area contributed by atoms with Gasteiger partial charge in [-0.1, -0.05) is 24.3 Å². The summed E-state index contributed by atoms with van der Waals surface area (Å²) < 4.78 is 68.2. The van der Waals surface area contributed by atoms with Crippen molar-refractivity contribution >= 4 is 54.1 Å². The predicted octanol–water partition coefficient (Wildman–Crippen LogP) is 3.27. The van der Waals surface area contributed by atoms with E-state index >= 15 is 0 Å². The maximum atomic E-state index is 13.9. The van der Waals surface area contributed by atoms with Crippen molar-refractivity contribution in [3.05, 3.63) is 83.9 Å². The van der Waals surface area contributed by atoms with Gasteiger partial charge in [-0.25, -0.2) is 16.8 Å². The molecule has 14 heteroatoms. The van der Waals surface area contributed by atoms with E-state index in [0.717, 1.165) is 8.61 Å². The molecule has 0 radical (unpaired) electrons. The minimum atomic E-state index is -4.43. The fraction of sp³-hybridized carbons (Fsp3) is 0.200. The molecule has 0 unspecified atom stereocenters. The van der Waals surface area contributed by atoms with Crippen molar-refractivity contribution in [1.29, 1.82) is 0 Å². The average Bonchev–Trinajstić information content (AvgIpc) is 3.67. The van der Waals surface area contributed by atoms with Crippen LogP contribution in [-0.2, 0) is 42.5 Å². The van der Waals surface area contributed by atoms with Crippen molar-refractivity contribution in [2.45, 2.75) is 22.6 Å². The van der Waals surface area contributed by atoms with Gasteiger partial charge in [-0.2, -0.15) is 0 Å². The van der Waals surface area contributed by atoms with E-state index in [1.54, 1.807) is 12.1 Å². The van der Waals surface area contributed by atoms with Crippen LogP contribution in [0, 0.1) is 0 Å². The van der Waals surface area contributed by atoms with Crippen LogP contribution in [0.1, 0.15) is 11.1 Å². The highest BCUT2D eigenvalue weighted by Gasteiger charge is 2.33. The van der Waals surface area contributed by atoms with Gasteiger partial charge in [0.2, 0.25) is 0 Å². The van der Waals surface area contributed by atoms with Gasteiger partial charge in [0.25, 0.3) is 20.0 Å². The van der Waals surface area contributed by atoms with Gasteiger partial charge in [0.1, 0.15) is 24.6 Å². The molecule has 0 aromatic heterocycles. The second-order valence-corrected chi connectivity index (χ2v) is 13.9. The molecule has 0 saturated carbocycles. The summed E-state index contributed by atoms with van der Waals surface area (Å²) >= 11 is 0. The van der Waals surface area contributed by atoms with Crippen LogP contribution in [0.4, 0.5) is 11.4 Å². The smallest absolute Gasteiger partial charge is 0.324 e. The molecule has 2 aliphatic heterocycles. The van der Waals surface area contributed by atoms with E-state index in [1.807, 2.05) is 0 Å². The van der Waals surface area contributed by atoms with E-state index in [-0.39, 0.29) is 31.9 Å². The van der Waals surface area contributed by atoms with Crippen LogP contribution >= 0.6 is 0 Å². The summed E-state index contributed by atoms with van der Waals surface area (Å²) in [5.41, 5.74) is 1.31. The molecule has 0 bridgehead atoms. The molecule has 0 atom stereocenters. The minimum absolute atomic E-state index is 0.0224. The topological polar surface area (TPSA) is 168 Å². The second kappa shape index (κ2) is 11.0. The van der Waals surface area contributed by atoms with Gasteiger partial charge in [0.05, 0.1) is 34.4 Å². The zero-order valence-electron chi connectivity index (χ0n) is 23.0. The van der Waals surface area contributed by atoms with Crippen molar-refractivity contribution in [2.24, 2.45) is 0 Å². The lowest BCUT2D eigenvalue weighted by Gasteiger charge is -2.28. The van der Waals surface area contributed by atoms with Crippen molar-refractivity contribution in [3.8, 4) is 11.5 Å². The quantitative estimate of drug-likeness (QED) is 0.263. The van der Waals surface area contributed by atoms with Crippen LogP contribution in [0.25, 0.3) is 10.8 Å². The summed E-state index contributed by atoms with van der Waals surface area (Å²) in [7, 11) is -8.86. The highest BCUT2D eigenvalue weighted by Crippen LogP contribution is 2.39. The molecule has 44 heavy (non-hydrogen) atoms. The average molecular weight is 639 g/mol. The predicted molar refractivity (Wildman–Crippen MR) is 160 cm³/mol. The zero-order valence-corrected chi connectivity index (χ0v) is 24.7. The molecule has 4 aromatic rings. The summed E-state index contributed by atoms with van der Waals surface area (Å²) in [5.74, 6) is -1.72. The van der Waals surface area contributed by atoms with E-state index < -0.39 is 45.1 Å². The lowest BCUT2D eigenvalue weighted by atomic mass is 10.1. The number of carbonyl (C=O) groups is 2. The monoisotopic (exact) mass is 638 g/mol. The molecule has 0 aliphatic carbocycles. The van der Waals surface area contributed by atoms with Crippen LogP contribution in [-0.4, -0.2) is 65.3 Å². The van der Waals surface area contributed by atoms with Gasteiger partial charge in [0, 0.05) is 23.6 Å². The Morgan fingerprint density at radius 2 is 1.05 bits per heavy atom. The first kappa shape index (κ1) is 29.3. The third-order valence-electron chi connectivity index (χ3n) is 7.47. The number of hydrogen-bond donors (Lipinski definition) is 2. The molecular weight excluding hydrogens is 612 g/mol. The van der Waals surface area contributed by atoms with Gasteiger partial charge < -0.3 is 19.7 Å². The Balaban J connectivity index is 1.50. The highest BCUT2D eigenvalue weighted by atomic mass is 32.2. The lowest BCUT2D eigenvalue weighted by molar-refractivity contribution is -0.136. The van der Waals surface area contributed by atoms with Gasteiger partial charge in [-0.15, -0.1) is 0 Å². The fourth-order valence-corrected chi connectivity index (χ4v) is 8.42. The van der Waals surface area contributed by atoms with Gasteiger partial charge >= 0.3 is 11.9 Å². The van der Waals surface area contributed by atoms with Gasteiger partial charge in [-0.3, -0.25) is 18.2 Å². The van der Waals surface area contributed by atoms with Gasteiger partial charge in [-0.05, 0) is 59.7 Å². The number of anilines is 2. The summed E-state index contributed by atoms with van der Waals surface area (Å²) in [6.45, 7) is -1.04. The van der Waals surface area contributed by atoms with Crippen LogP contribution in [0.5, 0.6) is 11.5 Å². The number of aliphatic carboxylic acids is 2. The Hall–Kier alpha value is -4.82. The van der Waals surface area contributed by atoms with Crippen molar-refractivity contribution < 1.29 is 46.1 Å².